The molecule has 3 saturated carbocycles. The number of hydrogen-bond donors (Lipinski definition) is 4. The second kappa shape index (κ2) is 20.7. The zero-order valence-corrected chi connectivity index (χ0v) is 41.0. The number of pyridine rings is 1. The van der Waals surface area contributed by atoms with Crippen LogP contribution in [-0.4, -0.2) is 139 Å². The van der Waals surface area contributed by atoms with E-state index in [-0.39, 0.29) is 88.7 Å². The lowest BCUT2D eigenvalue weighted by molar-refractivity contribution is -0.140. The lowest BCUT2D eigenvalue weighted by Crippen LogP contribution is -2.60. The smallest absolute Gasteiger partial charge is 0.376 e. The average Bonchev–Trinajstić information content (AvgIpc) is 3.87. The molecule has 9 rings (SSSR count). The van der Waals surface area contributed by atoms with E-state index in [0.717, 1.165) is 88.3 Å². The number of carbonyl (C=O) groups is 4. The van der Waals surface area contributed by atoms with Crippen LogP contribution in [0.3, 0.4) is 0 Å². The Balaban J connectivity index is 0.750. The summed E-state index contributed by atoms with van der Waals surface area (Å²) >= 11 is 0. The molecule has 5 heterocycles. The van der Waals surface area contributed by atoms with Gasteiger partial charge in [-0.15, -0.1) is 0 Å². The second-order valence-electron chi connectivity index (χ2n) is 21.8. The Labute approximate surface area is 409 Å². The minimum atomic E-state index is -4.53. The number of fused-ring (bicyclic) bond motifs is 1. The number of alkyl halides is 3. The molecule has 1 unspecified atom stereocenters. The van der Waals surface area contributed by atoms with E-state index in [9.17, 15) is 37.5 Å². The van der Waals surface area contributed by atoms with Gasteiger partial charge in [0.2, 0.25) is 23.6 Å². The minimum Gasteiger partial charge on any atom is -0.376 e. The van der Waals surface area contributed by atoms with Crippen molar-refractivity contribution in [2.45, 2.75) is 165 Å². The van der Waals surface area contributed by atoms with Gasteiger partial charge in [-0.3, -0.25) is 29.1 Å². The molecule has 1 spiro atoms. The highest BCUT2D eigenvalue weighted by Crippen LogP contribution is 2.48. The fraction of sp³-hybridized carbons (Fsp3) is 0.673. The summed E-state index contributed by atoms with van der Waals surface area (Å²) in [5.41, 5.74) is 0.577. The van der Waals surface area contributed by atoms with Gasteiger partial charge in [-0.1, -0.05) is 6.07 Å². The van der Waals surface area contributed by atoms with Crippen LogP contribution in [0.4, 0.5) is 19.0 Å². The number of benzene rings is 1. The third kappa shape index (κ3) is 10.5. The van der Waals surface area contributed by atoms with E-state index in [4.69, 9.17) is 0 Å². The standard InChI is InChI=1S/C52H71F3N10O5/c1-31(2)62(3)37-12-14-43(65-23-17-41(50(65)70)60-46-38-26-35(52(53,54)55)9-13-40(38)57-30-58-46)42(27-37)61-48(68)32-7-10-36(11-8-32)59-47(67)33-15-18-51(19-16-33)20-24-64(25-21-51)49(69)39-28-44(66)63(4)45(39)34-6-5-22-56-29-34/h5-6,9,13,22,26,29-33,36-37,39,41-43,45,50,70H,7-8,10-12,14-21,23-25,27-28H2,1-4H3,(H,59,67)(H,61,68)(H,57,58,60)/t32-,36+,37-,39+,41+,42-,43+,45-,50?/m1/s1. The van der Waals surface area contributed by atoms with Crippen LogP contribution in [0.25, 0.3) is 10.9 Å². The first kappa shape index (κ1) is 50.0. The molecule has 6 fully saturated rings. The quantitative estimate of drug-likeness (QED) is 0.170. The molecule has 0 bridgehead atoms. The molecule has 70 heavy (non-hydrogen) atoms. The Bertz CT molecular complexity index is 2350. The van der Waals surface area contributed by atoms with E-state index in [2.05, 4.69) is 56.7 Å². The molecule has 15 nitrogen and oxygen atoms in total. The number of aliphatic hydroxyl groups excluding tert-OH is 1. The number of anilines is 1. The van der Waals surface area contributed by atoms with Gasteiger partial charge in [0, 0.05) is 92.9 Å². The van der Waals surface area contributed by atoms with E-state index in [1.165, 1.54) is 12.4 Å². The summed E-state index contributed by atoms with van der Waals surface area (Å²) in [6, 6.07) is 6.55. The van der Waals surface area contributed by atoms with Gasteiger partial charge in [0.25, 0.3) is 0 Å². The third-order valence-corrected chi connectivity index (χ3v) is 17.5. The maximum absolute atomic E-state index is 14.2. The SMILES string of the molecule is CC(C)N(C)[C@@H]1CC[C@H](N2CC[C@H](Nc3ncnc4ccc(C(F)(F)F)cc34)C2O)[C@H](NC(=O)[C@H]2CC[C@@H](NC(=O)C3CCC4(CC3)CCN(C(=O)[C@H]3CC(=O)N(C)[C@@H]3c3cccnc3)CC4)CC2)C1. The normalized spacial score (nSPS) is 30.1. The molecule has 3 aliphatic heterocycles. The molecule has 3 saturated heterocycles. The van der Waals surface area contributed by atoms with Crippen molar-refractivity contribution in [2.24, 2.45) is 23.2 Å². The van der Waals surface area contributed by atoms with E-state index in [1.807, 2.05) is 21.9 Å². The summed E-state index contributed by atoms with van der Waals surface area (Å²) in [5, 5.41) is 22.1. The number of aliphatic hydroxyl groups is 1. The minimum absolute atomic E-state index is 0.00613. The summed E-state index contributed by atoms with van der Waals surface area (Å²) in [7, 11) is 3.88. The van der Waals surface area contributed by atoms with Gasteiger partial charge in [-0.05, 0) is 146 Å². The molecule has 4 amide bonds. The number of piperidine rings is 1. The van der Waals surface area contributed by atoms with E-state index in [1.54, 1.807) is 24.3 Å². The Kier molecular flexibility index (Phi) is 14.8. The van der Waals surface area contributed by atoms with Crippen LogP contribution in [0.15, 0.2) is 49.1 Å². The van der Waals surface area contributed by atoms with Crippen LogP contribution >= 0.6 is 0 Å². The third-order valence-electron chi connectivity index (χ3n) is 17.5. The molecule has 2 aromatic heterocycles. The summed E-state index contributed by atoms with van der Waals surface area (Å²) in [6.07, 6.45) is 10.5. The van der Waals surface area contributed by atoms with Crippen molar-refractivity contribution in [2.75, 3.05) is 39.0 Å². The summed E-state index contributed by atoms with van der Waals surface area (Å²) in [4.78, 5) is 75.2. The Hall–Kier alpha value is -4.94. The van der Waals surface area contributed by atoms with Crippen LogP contribution in [0.1, 0.15) is 127 Å². The molecule has 4 N–H and O–H groups in total. The van der Waals surface area contributed by atoms with Crippen molar-refractivity contribution in [1.82, 2.24) is 45.2 Å². The Morgan fingerprint density at radius 1 is 0.871 bits per heavy atom. The number of amides is 4. The van der Waals surface area contributed by atoms with Crippen molar-refractivity contribution < 1.29 is 37.5 Å². The highest BCUT2D eigenvalue weighted by Gasteiger charge is 2.48. The fourth-order valence-electron chi connectivity index (χ4n) is 13.0. The number of nitrogens with zero attached hydrogens (tertiary/aromatic N) is 7. The monoisotopic (exact) mass is 973 g/mol. The summed E-state index contributed by atoms with van der Waals surface area (Å²) in [6.45, 7) is 6.19. The van der Waals surface area contributed by atoms with Gasteiger partial charge < -0.3 is 35.8 Å². The fourth-order valence-corrected chi connectivity index (χ4v) is 13.0. The van der Waals surface area contributed by atoms with Crippen molar-refractivity contribution in [3.05, 3.63) is 60.2 Å². The van der Waals surface area contributed by atoms with E-state index < -0.39 is 29.9 Å². The van der Waals surface area contributed by atoms with Gasteiger partial charge in [0.1, 0.15) is 18.4 Å². The highest BCUT2D eigenvalue weighted by molar-refractivity contribution is 5.91. The van der Waals surface area contributed by atoms with Crippen molar-refractivity contribution in [3.8, 4) is 0 Å². The van der Waals surface area contributed by atoms with Gasteiger partial charge >= 0.3 is 6.18 Å². The zero-order valence-electron chi connectivity index (χ0n) is 41.0. The van der Waals surface area contributed by atoms with E-state index in [0.29, 0.717) is 50.5 Å². The molecular weight excluding hydrogens is 902 g/mol. The first-order valence-corrected chi connectivity index (χ1v) is 25.8. The molecule has 6 aliphatic rings. The van der Waals surface area contributed by atoms with Gasteiger partial charge in [0.15, 0.2) is 0 Å². The van der Waals surface area contributed by atoms with Gasteiger partial charge in [-0.25, -0.2) is 9.97 Å². The predicted molar refractivity (Wildman–Crippen MR) is 257 cm³/mol. The number of nitrogens with one attached hydrogen (secondary N) is 3. The number of likely N-dealkylation sites (tertiary alicyclic amines) is 3. The largest absolute Gasteiger partial charge is 0.416 e. The van der Waals surface area contributed by atoms with E-state index >= 15 is 0 Å². The molecule has 18 heteroatoms. The molecule has 3 aromatic rings. The number of aromatic nitrogens is 3. The van der Waals surface area contributed by atoms with Crippen LogP contribution in [0.2, 0.25) is 0 Å². The number of rotatable bonds is 11. The molecule has 1 aromatic carbocycles. The van der Waals surface area contributed by atoms with Crippen molar-refractivity contribution in [3.63, 3.8) is 0 Å². The predicted octanol–water partition coefficient (Wildman–Crippen LogP) is 6.29. The Morgan fingerprint density at radius 3 is 2.27 bits per heavy atom. The van der Waals surface area contributed by atoms with Crippen LogP contribution in [0, 0.1) is 23.2 Å². The van der Waals surface area contributed by atoms with Crippen molar-refractivity contribution >= 4 is 40.3 Å². The maximum atomic E-state index is 14.2. The molecule has 0 radical (unpaired) electrons. The first-order chi connectivity index (χ1) is 33.5. The lowest BCUT2D eigenvalue weighted by Gasteiger charge is -2.46. The highest BCUT2D eigenvalue weighted by atomic mass is 19.4. The molecule has 7 atom stereocenters. The summed E-state index contributed by atoms with van der Waals surface area (Å²) < 4.78 is 40.9. The Morgan fingerprint density at radius 2 is 1.59 bits per heavy atom. The van der Waals surface area contributed by atoms with Crippen LogP contribution in [0.5, 0.6) is 0 Å². The van der Waals surface area contributed by atoms with Gasteiger partial charge in [-0.2, -0.15) is 13.2 Å². The van der Waals surface area contributed by atoms with Crippen molar-refractivity contribution in [1.29, 1.82) is 0 Å². The number of hydrogen-bond acceptors (Lipinski definition) is 11. The molecular formula is C52H71F3N10O5. The average molecular weight is 973 g/mol. The lowest BCUT2D eigenvalue weighted by atomic mass is 9.65. The molecule has 3 aliphatic carbocycles. The number of halogens is 3. The molecule has 380 valence electrons. The second-order valence-corrected chi connectivity index (χ2v) is 21.8. The number of carbonyl (C=O) groups excluding carboxylic acids is 4. The van der Waals surface area contributed by atoms with Gasteiger partial charge in [0.05, 0.1) is 29.1 Å². The maximum Gasteiger partial charge on any atom is 0.416 e. The zero-order chi connectivity index (χ0) is 49.5. The summed E-state index contributed by atoms with van der Waals surface area (Å²) in [5.74, 6) is -0.295. The van der Waals surface area contributed by atoms with Crippen LogP contribution < -0.4 is 16.0 Å². The first-order valence-electron chi connectivity index (χ1n) is 25.8. The van der Waals surface area contributed by atoms with Crippen LogP contribution in [-0.2, 0) is 25.4 Å². The topological polar surface area (TPSA) is 176 Å².